The van der Waals surface area contributed by atoms with Gasteiger partial charge in [0, 0.05) is 14.1 Å². The average Bonchev–Trinajstić information content (AvgIpc) is 2.15. The Bertz CT molecular complexity index is 164. The summed E-state index contributed by atoms with van der Waals surface area (Å²) in [5.74, 6) is 0.694. The molecule has 0 saturated carbocycles. The van der Waals surface area contributed by atoms with E-state index in [9.17, 15) is 4.79 Å². The number of aliphatic imine (C=N–C) groups is 1. The van der Waals surface area contributed by atoms with Crippen LogP contribution >= 0.6 is 0 Å². The minimum atomic E-state index is 0.0411. The monoisotopic (exact) mass is 127 g/mol. The van der Waals surface area contributed by atoms with E-state index in [0.717, 1.165) is 0 Å². The fraction of sp³-hybridized carbons (Fsp3) is 0.600. The molecule has 1 heterocycles. The first-order chi connectivity index (χ1) is 4.25. The van der Waals surface area contributed by atoms with Crippen molar-refractivity contribution in [3.8, 4) is 0 Å². The molecule has 0 fully saturated rings. The molecule has 1 rings (SSSR count). The van der Waals surface area contributed by atoms with Crippen molar-refractivity contribution in [1.29, 1.82) is 0 Å². The Kier molecular flexibility index (Phi) is 1.38. The zero-order chi connectivity index (χ0) is 6.85. The van der Waals surface area contributed by atoms with Crippen molar-refractivity contribution < 1.29 is 4.79 Å². The smallest absolute Gasteiger partial charge is 0.250 e. The van der Waals surface area contributed by atoms with Gasteiger partial charge in [-0.25, -0.2) is 4.99 Å². The molecule has 1 N–H and O–H groups in total. The third-order valence-electron chi connectivity index (χ3n) is 1.28. The first-order valence-electron chi connectivity index (χ1n) is 2.74. The highest BCUT2D eigenvalue weighted by Crippen LogP contribution is 1.95. The van der Waals surface area contributed by atoms with Crippen molar-refractivity contribution >= 4 is 11.9 Å². The molecular formula is C5H9N3O. The predicted octanol–water partition coefficient (Wildman–Crippen LogP) is -0.966. The van der Waals surface area contributed by atoms with Crippen LogP contribution in [0.5, 0.6) is 0 Å². The molecule has 1 aliphatic heterocycles. The summed E-state index contributed by atoms with van der Waals surface area (Å²) in [6, 6.07) is 0. The van der Waals surface area contributed by atoms with E-state index in [0.29, 0.717) is 5.96 Å². The van der Waals surface area contributed by atoms with Crippen molar-refractivity contribution in [2.24, 2.45) is 4.99 Å². The van der Waals surface area contributed by atoms with Gasteiger partial charge >= 0.3 is 0 Å². The minimum absolute atomic E-state index is 0.0411. The summed E-state index contributed by atoms with van der Waals surface area (Å²) >= 11 is 0. The lowest BCUT2D eigenvalue weighted by Crippen LogP contribution is -2.35. The summed E-state index contributed by atoms with van der Waals surface area (Å²) in [5, 5.41) is 2.80. The molecule has 4 nitrogen and oxygen atoms in total. The van der Waals surface area contributed by atoms with Crippen molar-refractivity contribution in [3.05, 3.63) is 0 Å². The summed E-state index contributed by atoms with van der Waals surface area (Å²) in [4.78, 5) is 16.1. The molecule has 0 bridgehead atoms. The van der Waals surface area contributed by atoms with E-state index in [1.165, 1.54) is 4.90 Å². The topological polar surface area (TPSA) is 44.7 Å². The molecule has 0 saturated heterocycles. The van der Waals surface area contributed by atoms with Crippen molar-refractivity contribution in [2.75, 3.05) is 20.6 Å². The Hall–Kier alpha value is -1.06. The van der Waals surface area contributed by atoms with E-state index in [1.807, 2.05) is 0 Å². The Morgan fingerprint density at radius 1 is 1.78 bits per heavy atom. The number of nitrogens with zero attached hydrogens (tertiary/aromatic N) is 2. The summed E-state index contributed by atoms with van der Waals surface area (Å²) in [6.07, 6.45) is 0. The second kappa shape index (κ2) is 2.05. The molecule has 4 heteroatoms. The van der Waals surface area contributed by atoms with Gasteiger partial charge in [0.15, 0.2) is 0 Å². The molecule has 0 aliphatic carbocycles. The number of nitrogens with one attached hydrogen (secondary N) is 1. The van der Waals surface area contributed by atoms with E-state index in [-0.39, 0.29) is 12.5 Å². The number of hydrogen-bond donors (Lipinski definition) is 1. The van der Waals surface area contributed by atoms with Gasteiger partial charge in [0.25, 0.3) is 5.91 Å². The van der Waals surface area contributed by atoms with E-state index in [4.69, 9.17) is 0 Å². The molecule has 0 spiro atoms. The van der Waals surface area contributed by atoms with Crippen LogP contribution in [-0.2, 0) is 4.79 Å². The molecule has 0 atom stereocenters. The molecule has 9 heavy (non-hydrogen) atoms. The molecule has 0 aromatic heterocycles. The van der Waals surface area contributed by atoms with Crippen LogP contribution in [0.4, 0.5) is 0 Å². The largest absolute Gasteiger partial charge is 0.359 e. The van der Waals surface area contributed by atoms with Crippen LogP contribution in [0.1, 0.15) is 0 Å². The maximum absolute atomic E-state index is 10.7. The maximum atomic E-state index is 10.7. The van der Waals surface area contributed by atoms with Crippen LogP contribution in [0.3, 0.4) is 0 Å². The number of amides is 1. The average molecular weight is 127 g/mol. The lowest BCUT2D eigenvalue weighted by Gasteiger charge is -2.09. The van der Waals surface area contributed by atoms with Crippen LogP contribution in [-0.4, -0.2) is 37.4 Å². The summed E-state index contributed by atoms with van der Waals surface area (Å²) in [6.45, 7) is 0.284. The van der Waals surface area contributed by atoms with E-state index < -0.39 is 0 Å². The summed E-state index contributed by atoms with van der Waals surface area (Å²) in [7, 11) is 3.44. The molecule has 50 valence electrons. The van der Waals surface area contributed by atoms with Crippen LogP contribution in [0.25, 0.3) is 0 Å². The SMILES string of the molecule is CNC1=NCC(=O)N1C. The second-order valence-corrected chi connectivity index (χ2v) is 1.84. The predicted molar refractivity (Wildman–Crippen MR) is 34.1 cm³/mol. The molecule has 0 aromatic rings. The summed E-state index contributed by atoms with van der Waals surface area (Å²) in [5.41, 5.74) is 0. The number of carbonyl (C=O) groups is 1. The van der Waals surface area contributed by atoms with Crippen molar-refractivity contribution in [2.45, 2.75) is 0 Å². The van der Waals surface area contributed by atoms with E-state index >= 15 is 0 Å². The van der Waals surface area contributed by atoms with E-state index in [1.54, 1.807) is 14.1 Å². The number of rotatable bonds is 0. The lowest BCUT2D eigenvalue weighted by atomic mass is 10.6. The first kappa shape index (κ1) is 6.07. The normalized spacial score (nSPS) is 18.2. The van der Waals surface area contributed by atoms with Crippen molar-refractivity contribution in [3.63, 3.8) is 0 Å². The number of guanidine groups is 1. The van der Waals surface area contributed by atoms with Crippen LogP contribution in [0, 0.1) is 0 Å². The number of hydrogen-bond acceptors (Lipinski definition) is 3. The van der Waals surface area contributed by atoms with Crippen LogP contribution in [0.15, 0.2) is 4.99 Å². The van der Waals surface area contributed by atoms with Gasteiger partial charge in [-0.1, -0.05) is 0 Å². The fourth-order valence-electron chi connectivity index (χ4n) is 0.720. The van der Waals surface area contributed by atoms with Crippen LogP contribution in [0.2, 0.25) is 0 Å². The quantitative estimate of drug-likeness (QED) is 0.455. The van der Waals surface area contributed by atoms with E-state index in [2.05, 4.69) is 10.3 Å². The summed E-state index contributed by atoms with van der Waals surface area (Å²) < 4.78 is 0. The maximum Gasteiger partial charge on any atom is 0.250 e. The third kappa shape index (κ3) is 0.872. The first-order valence-corrected chi connectivity index (χ1v) is 2.74. The van der Waals surface area contributed by atoms with Gasteiger partial charge in [-0.3, -0.25) is 9.69 Å². The highest BCUT2D eigenvalue weighted by molar-refractivity contribution is 6.02. The zero-order valence-corrected chi connectivity index (χ0v) is 5.51. The number of carbonyl (C=O) groups excluding carboxylic acids is 1. The van der Waals surface area contributed by atoms with Gasteiger partial charge < -0.3 is 5.32 Å². The van der Waals surface area contributed by atoms with Gasteiger partial charge in [0.05, 0.1) is 0 Å². The molecule has 0 unspecified atom stereocenters. The van der Waals surface area contributed by atoms with Gasteiger partial charge in [0.1, 0.15) is 6.54 Å². The lowest BCUT2D eigenvalue weighted by molar-refractivity contribution is -0.123. The van der Waals surface area contributed by atoms with Crippen LogP contribution < -0.4 is 5.32 Å². The fourth-order valence-corrected chi connectivity index (χ4v) is 0.720. The standard InChI is InChI=1S/C5H9N3O/c1-6-5-7-3-4(9)8(5)2/h3H2,1-2H3,(H,6,7). The van der Waals surface area contributed by atoms with Gasteiger partial charge in [-0.05, 0) is 0 Å². The molecule has 1 amide bonds. The highest BCUT2D eigenvalue weighted by Gasteiger charge is 2.18. The Labute approximate surface area is 53.6 Å². The van der Waals surface area contributed by atoms with Crippen molar-refractivity contribution in [1.82, 2.24) is 10.2 Å². The third-order valence-corrected chi connectivity index (χ3v) is 1.28. The number of likely N-dealkylation sites (N-methyl/N-ethyl adjacent to an activating group) is 1. The second-order valence-electron chi connectivity index (χ2n) is 1.84. The molecular weight excluding hydrogens is 118 g/mol. The van der Waals surface area contributed by atoms with Gasteiger partial charge in [0.2, 0.25) is 5.96 Å². The molecule has 1 aliphatic rings. The Morgan fingerprint density at radius 3 is 2.67 bits per heavy atom. The Morgan fingerprint density at radius 2 is 2.44 bits per heavy atom. The molecule has 0 aromatic carbocycles. The Balaban J connectivity index is 2.66. The van der Waals surface area contributed by atoms with Gasteiger partial charge in [-0.2, -0.15) is 0 Å². The zero-order valence-electron chi connectivity index (χ0n) is 5.51. The highest BCUT2D eigenvalue weighted by atomic mass is 16.2. The van der Waals surface area contributed by atoms with Gasteiger partial charge in [-0.15, -0.1) is 0 Å². The minimum Gasteiger partial charge on any atom is -0.359 e. The molecule has 0 radical (unpaired) electrons.